The fourth-order valence-electron chi connectivity index (χ4n) is 11.4. The quantitative estimate of drug-likeness (QED) is 0.166. The van der Waals surface area contributed by atoms with Crippen LogP contribution in [0.4, 0.5) is 17.1 Å². The summed E-state index contributed by atoms with van der Waals surface area (Å²) in [5.74, 6) is 1.78. The van der Waals surface area contributed by atoms with Gasteiger partial charge < -0.3 is 9.64 Å². The third-order valence-electron chi connectivity index (χ3n) is 14.0. The number of para-hydroxylation sites is 2. The maximum absolute atomic E-state index is 6.69. The molecule has 0 saturated carbocycles. The van der Waals surface area contributed by atoms with Crippen LogP contribution < -0.4 is 9.64 Å². The van der Waals surface area contributed by atoms with Gasteiger partial charge in [0.25, 0.3) is 0 Å². The van der Waals surface area contributed by atoms with E-state index in [0.717, 1.165) is 39.7 Å². The minimum atomic E-state index is -0.578. The number of hydrogen-bond acceptors (Lipinski definition) is 2. The number of rotatable bonds is 6. The number of benzene rings is 10. The van der Waals surface area contributed by atoms with Crippen molar-refractivity contribution in [3.8, 4) is 44.9 Å². The first-order chi connectivity index (χ1) is 31.7. The van der Waals surface area contributed by atoms with Crippen molar-refractivity contribution >= 4 is 17.1 Å². The third kappa shape index (κ3) is 5.08. The van der Waals surface area contributed by atoms with Gasteiger partial charge in [-0.25, -0.2) is 0 Å². The van der Waals surface area contributed by atoms with Gasteiger partial charge in [-0.2, -0.15) is 0 Å². The first-order valence-electron chi connectivity index (χ1n) is 22.2. The van der Waals surface area contributed by atoms with Gasteiger partial charge in [-0.15, -0.1) is 0 Å². The van der Waals surface area contributed by atoms with Gasteiger partial charge >= 0.3 is 0 Å². The summed E-state index contributed by atoms with van der Waals surface area (Å²) in [4.78, 5) is 2.43. The molecule has 0 aromatic heterocycles. The minimum absolute atomic E-state index is 0.481. The molecule has 300 valence electrons. The van der Waals surface area contributed by atoms with Gasteiger partial charge in [0.05, 0.1) is 10.8 Å². The van der Waals surface area contributed by atoms with Gasteiger partial charge in [-0.3, -0.25) is 0 Å². The Morgan fingerprint density at radius 2 is 0.656 bits per heavy atom. The number of hydrogen-bond donors (Lipinski definition) is 0. The van der Waals surface area contributed by atoms with Gasteiger partial charge in [-0.1, -0.05) is 200 Å². The van der Waals surface area contributed by atoms with E-state index in [-0.39, 0.29) is 0 Å². The van der Waals surface area contributed by atoms with Crippen LogP contribution in [0.1, 0.15) is 44.5 Å². The highest BCUT2D eigenvalue weighted by Gasteiger charge is 2.51. The average Bonchev–Trinajstić information content (AvgIpc) is 3.83. The molecule has 0 fully saturated rings. The molecule has 3 aliphatic rings. The van der Waals surface area contributed by atoms with Crippen molar-refractivity contribution < 1.29 is 4.74 Å². The Hall–Kier alpha value is -8.20. The summed E-state index contributed by atoms with van der Waals surface area (Å²) >= 11 is 0. The lowest BCUT2D eigenvalue weighted by Gasteiger charge is -2.39. The van der Waals surface area contributed by atoms with E-state index in [1.807, 2.05) is 0 Å². The Balaban J connectivity index is 1.03. The van der Waals surface area contributed by atoms with Crippen molar-refractivity contribution in [2.45, 2.75) is 10.8 Å². The van der Waals surface area contributed by atoms with Crippen molar-refractivity contribution in [3.63, 3.8) is 0 Å². The lowest BCUT2D eigenvalue weighted by atomic mass is 9.66. The fraction of sp³-hybridized carbons (Fsp3) is 0.0323. The highest BCUT2D eigenvalue weighted by atomic mass is 16.5. The summed E-state index contributed by atoms with van der Waals surface area (Å²) in [6, 6.07) is 91.2. The second-order valence-electron chi connectivity index (χ2n) is 17.1. The summed E-state index contributed by atoms with van der Waals surface area (Å²) < 4.78 is 6.69. The van der Waals surface area contributed by atoms with Crippen LogP contribution in [0.25, 0.3) is 33.4 Å². The Bertz CT molecular complexity index is 3320. The lowest BCUT2D eigenvalue weighted by Crippen LogP contribution is -2.32. The molecule has 0 unspecified atom stereocenters. The van der Waals surface area contributed by atoms with E-state index in [2.05, 4.69) is 254 Å². The second-order valence-corrected chi connectivity index (χ2v) is 17.1. The molecule has 0 atom stereocenters. The van der Waals surface area contributed by atoms with E-state index in [1.54, 1.807) is 0 Å². The number of anilines is 3. The van der Waals surface area contributed by atoms with E-state index in [0.29, 0.717) is 0 Å². The van der Waals surface area contributed by atoms with E-state index in [4.69, 9.17) is 4.74 Å². The molecule has 0 saturated heterocycles. The molecule has 10 aromatic carbocycles. The van der Waals surface area contributed by atoms with Gasteiger partial charge in [0, 0.05) is 28.2 Å². The third-order valence-corrected chi connectivity index (χ3v) is 14.0. The molecule has 2 nitrogen and oxygen atoms in total. The SMILES string of the molecule is c1ccc(-c2ccc(N(c3ccc(C4(c5ccccc5)c5ccccc5-c5ccccc54)cc3)c3ccc4c(c3)C3(c5ccccc5Oc5ccccc53)c3ccccc3-4)cc2)cc1. The average molecular weight is 816 g/mol. The first-order valence-corrected chi connectivity index (χ1v) is 22.2. The zero-order chi connectivity index (χ0) is 42.2. The summed E-state index contributed by atoms with van der Waals surface area (Å²) in [6.07, 6.45) is 0. The summed E-state index contributed by atoms with van der Waals surface area (Å²) in [7, 11) is 0. The highest BCUT2D eigenvalue weighted by molar-refractivity contribution is 5.92. The van der Waals surface area contributed by atoms with Crippen LogP contribution in [0.5, 0.6) is 11.5 Å². The maximum Gasteiger partial charge on any atom is 0.132 e. The Kier molecular flexibility index (Phi) is 8.07. The van der Waals surface area contributed by atoms with Crippen molar-refractivity contribution in [2.24, 2.45) is 0 Å². The smallest absolute Gasteiger partial charge is 0.132 e. The molecule has 2 heteroatoms. The Labute approximate surface area is 374 Å². The molecular weight excluding hydrogens is 775 g/mol. The van der Waals surface area contributed by atoms with Crippen LogP contribution in [0, 0.1) is 0 Å². The minimum Gasteiger partial charge on any atom is -0.457 e. The Morgan fingerprint density at radius 3 is 1.22 bits per heavy atom. The van der Waals surface area contributed by atoms with Gasteiger partial charge in [0.1, 0.15) is 11.5 Å². The van der Waals surface area contributed by atoms with E-state index in [9.17, 15) is 0 Å². The molecule has 0 bridgehead atoms. The molecule has 2 aliphatic carbocycles. The number of ether oxygens (including phenoxy) is 1. The molecule has 64 heavy (non-hydrogen) atoms. The van der Waals surface area contributed by atoms with Crippen LogP contribution >= 0.6 is 0 Å². The molecule has 1 heterocycles. The summed E-state index contributed by atoms with van der Waals surface area (Å²) in [5, 5.41) is 0. The number of nitrogens with zero attached hydrogens (tertiary/aromatic N) is 1. The lowest BCUT2D eigenvalue weighted by molar-refractivity contribution is 0.436. The molecule has 10 aromatic rings. The standard InChI is InChI=1S/C62H41NO/c1-3-17-42(18-4-1)43-31-35-46(36-32-43)63(47-37-33-45(34-38-47)61(44-19-5-2-6-20-44)53-24-10-7-21-49(53)50-22-8-11-25-54(50)61)48-39-40-52-51-23-9-12-26-55(51)62(58(52)41-48)56-27-13-15-29-59(56)64-60-30-16-14-28-57(60)62/h1-41H. The first kappa shape index (κ1) is 36.5. The molecule has 1 spiro atoms. The maximum atomic E-state index is 6.69. The molecule has 0 radical (unpaired) electrons. The van der Waals surface area contributed by atoms with E-state index < -0.39 is 10.8 Å². The normalized spacial score (nSPS) is 14.0. The topological polar surface area (TPSA) is 12.5 Å². The van der Waals surface area contributed by atoms with Crippen molar-refractivity contribution in [1.82, 2.24) is 0 Å². The highest BCUT2D eigenvalue weighted by Crippen LogP contribution is 2.63. The van der Waals surface area contributed by atoms with E-state index in [1.165, 1.54) is 66.8 Å². The molecule has 0 amide bonds. The van der Waals surface area contributed by atoms with Crippen LogP contribution in [0.15, 0.2) is 249 Å². The number of fused-ring (bicyclic) bond motifs is 12. The largest absolute Gasteiger partial charge is 0.457 e. The predicted octanol–water partition coefficient (Wildman–Crippen LogP) is 15.7. The summed E-state index contributed by atoms with van der Waals surface area (Å²) in [6.45, 7) is 0. The molecule has 13 rings (SSSR count). The van der Waals surface area contributed by atoms with Crippen LogP contribution in [0.3, 0.4) is 0 Å². The van der Waals surface area contributed by atoms with E-state index >= 15 is 0 Å². The summed E-state index contributed by atoms with van der Waals surface area (Å²) in [5.41, 5.74) is 19.6. The monoisotopic (exact) mass is 815 g/mol. The van der Waals surface area contributed by atoms with Crippen molar-refractivity contribution in [2.75, 3.05) is 4.90 Å². The zero-order valence-electron chi connectivity index (χ0n) is 35.0. The molecule has 0 N–H and O–H groups in total. The van der Waals surface area contributed by atoms with Gasteiger partial charge in [0.2, 0.25) is 0 Å². The fourth-order valence-corrected chi connectivity index (χ4v) is 11.4. The Morgan fingerprint density at radius 1 is 0.266 bits per heavy atom. The van der Waals surface area contributed by atoms with Gasteiger partial charge in [0.15, 0.2) is 0 Å². The van der Waals surface area contributed by atoms with Crippen LogP contribution in [0.2, 0.25) is 0 Å². The molecular formula is C62H41NO. The van der Waals surface area contributed by atoms with Crippen molar-refractivity contribution in [3.05, 3.63) is 293 Å². The van der Waals surface area contributed by atoms with Crippen molar-refractivity contribution in [1.29, 1.82) is 0 Å². The molecule has 1 aliphatic heterocycles. The van der Waals surface area contributed by atoms with Gasteiger partial charge in [-0.05, 0) is 115 Å². The van der Waals surface area contributed by atoms with Crippen LogP contribution in [-0.2, 0) is 10.8 Å². The second kappa shape index (κ2) is 14.2. The predicted molar refractivity (Wildman–Crippen MR) is 261 cm³/mol. The van der Waals surface area contributed by atoms with Crippen LogP contribution in [-0.4, -0.2) is 0 Å². The zero-order valence-corrected chi connectivity index (χ0v) is 35.0.